The molecule has 0 amide bonds. The van der Waals surface area contributed by atoms with Crippen molar-refractivity contribution in [3.63, 3.8) is 0 Å². The number of fused-ring (bicyclic) bond motifs is 6. The Morgan fingerprint density at radius 2 is 0.952 bits per heavy atom. The van der Waals surface area contributed by atoms with E-state index in [9.17, 15) is 23.7 Å². The third kappa shape index (κ3) is 6.01. The summed E-state index contributed by atoms with van der Waals surface area (Å²) in [5, 5.41) is 23.9. The summed E-state index contributed by atoms with van der Waals surface area (Å²) in [5.74, 6) is 0. The first-order valence-corrected chi connectivity index (χ1v) is 19.4. The molecular weight excluding hydrogens is 778 g/mol. The largest absolute Gasteiger partial charge is 0.415 e. The van der Waals surface area contributed by atoms with E-state index in [0.717, 1.165) is 78.0 Å². The fourth-order valence-corrected chi connectivity index (χ4v) is 8.60. The summed E-state index contributed by atoms with van der Waals surface area (Å²) in [6.45, 7) is 15.7. The Morgan fingerprint density at radius 1 is 0.468 bits per heavy atom. The topological polar surface area (TPSA) is 66.2 Å². The molecule has 0 radical (unpaired) electrons. The molecule has 2 heterocycles. The summed E-state index contributed by atoms with van der Waals surface area (Å²) in [7, 11) is 0. The highest BCUT2D eigenvalue weighted by molar-refractivity contribution is 6.13. The lowest BCUT2D eigenvalue weighted by atomic mass is 9.95. The Labute approximate surface area is 353 Å². The van der Waals surface area contributed by atoms with Gasteiger partial charge in [0.25, 0.3) is 0 Å². The molecule has 0 aliphatic heterocycles. The van der Waals surface area contributed by atoms with Gasteiger partial charge in [0, 0.05) is 32.7 Å². The number of nitrogens with zero attached hydrogens (tertiary/aromatic N) is 6. The second-order valence-corrected chi connectivity index (χ2v) is 14.9. The minimum atomic E-state index is -4.70. The molecule has 0 aliphatic carbocycles. The minimum Gasteiger partial charge on any atom is -0.309 e. The third-order valence-corrected chi connectivity index (χ3v) is 11.4. The van der Waals surface area contributed by atoms with Crippen LogP contribution in [0.1, 0.15) is 16.7 Å². The fourth-order valence-electron chi connectivity index (χ4n) is 8.60. The van der Waals surface area contributed by atoms with Crippen molar-refractivity contribution in [2.75, 3.05) is 0 Å². The summed E-state index contributed by atoms with van der Waals surface area (Å²) >= 11 is 0. The Morgan fingerprint density at radius 3 is 1.44 bits per heavy atom. The molecule has 0 N–H and O–H groups in total. The average molecular weight is 805 g/mol. The van der Waals surface area contributed by atoms with Gasteiger partial charge >= 0.3 is 6.18 Å². The zero-order valence-corrected chi connectivity index (χ0v) is 32.4. The lowest BCUT2D eigenvalue weighted by molar-refractivity contribution is -0.137. The molecule has 290 valence electrons. The molecule has 2 aromatic heterocycles. The second kappa shape index (κ2) is 14.4. The van der Waals surface area contributed by atoms with E-state index in [-0.39, 0.29) is 11.3 Å². The summed E-state index contributed by atoms with van der Waals surface area (Å²) < 4.78 is 47.0. The van der Waals surface area contributed by atoms with E-state index in [2.05, 4.69) is 21.8 Å². The number of hydrogen-bond donors (Lipinski definition) is 0. The Hall–Kier alpha value is -8.89. The van der Waals surface area contributed by atoms with Gasteiger partial charge < -0.3 is 9.13 Å². The number of hydrogen-bond acceptors (Lipinski definition) is 2. The SMILES string of the molecule is [C-]#[N+]c1ccc(-c2ccc3c4ccccc4n(-c4cc(C#N)cc(-n5c6ccccc6c6ccc(-c7ccc(C#N)cc7)cc65)c4-c4ccc(C(F)(F)F)cc4[N+]#[C-])c3c2)cc1. The Bertz CT molecular complexity index is 3460. The maximum atomic E-state index is 14.3. The third-order valence-electron chi connectivity index (χ3n) is 11.4. The molecule has 6 nitrogen and oxygen atoms in total. The Balaban J connectivity index is 1.37. The van der Waals surface area contributed by atoms with Gasteiger partial charge in [0.05, 0.1) is 69.9 Å². The first-order valence-electron chi connectivity index (χ1n) is 19.4. The lowest BCUT2D eigenvalue weighted by Gasteiger charge is -2.22. The molecular formula is C53H27F3N6. The van der Waals surface area contributed by atoms with Gasteiger partial charge in [-0.25, -0.2) is 9.69 Å². The normalized spacial score (nSPS) is 11.4. The van der Waals surface area contributed by atoms with Crippen molar-refractivity contribution in [1.82, 2.24) is 9.13 Å². The number of alkyl halides is 3. The molecule has 0 spiro atoms. The highest BCUT2D eigenvalue weighted by atomic mass is 19.4. The first-order chi connectivity index (χ1) is 30.2. The predicted octanol–water partition coefficient (Wildman–Crippen LogP) is 14.7. The lowest BCUT2D eigenvalue weighted by Crippen LogP contribution is -2.07. The van der Waals surface area contributed by atoms with Gasteiger partial charge in [-0.1, -0.05) is 109 Å². The van der Waals surface area contributed by atoms with Crippen LogP contribution in [0.2, 0.25) is 0 Å². The zero-order valence-electron chi connectivity index (χ0n) is 32.4. The van der Waals surface area contributed by atoms with E-state index >= 15 is 0 Å². The van der Waals surface area contributed by atoms with Gasteiger partial charge in [0.1, 0.15) is 0 Å². The Kier molecular flexibility index (Phi) is 8.70. The average Bonchev–Trinajstić information content (AvgIpc) is 3.82. The molecule has 10 rings (SSSR count). The van der Waals surface area contributed by atoms with Crippen molar-refractivity contribution >= 4 is 55.0 Å². The molecule has 10 aromatic rings. The fraction of sp³-hybridized carbons (Fsp3) is 0.0189. The summed E-state index contributed by atoms with van der Waals surface area (Å²) in [6, 6.07) is 53.7. The number of benzene rings is 8. The van der Waals surface area contributed by atoms with Gasteiger partial charge in [-0.3, -0.25) is 0 Å². The van der Waals surface area contributed by atoms with E-state index < -0.39 is 11.7 Å². The van der Waals surface area contributed by atoms with Crippen molar-refractivity contribution < 1.29 is 13.2 Å². The van der Waals surface area contributed by atoms with Crippen LogP contribution < -0.4 is 0 Å². The van der Waals surface area contributed by atoms with Crippen molar-refractivity contribution in [2.24, 2.45) is 0 Å². The molecule has 0 aliphatic rings. The van der Waals surface area contributed by atoms with Crippen LogP contribution in [0.4, 0.5) is 24.5 Å². The van der Waals surface area contributed by atoms with Crippen LogP contribution in [0.15, 0.2) is 164 Å². The zero-order chi connectivity index (χ0) is 42.7. The van der Waals surface area contributed by atoms with Crippen LogP contribution in [0.3, 0.4) is 0 Å². The van der Waals surface area contributed by atoms with E-state index in [1.165, 1.54) is 6.07 Å². The van der Waals surface area contributed by atoms with Crippen LogP contribution in [-0.4, -0.2) is 9.13 Å². The number of rotatable bonds is 5. The van der Waals surface area contributed by atoms with Crippen LogP contribution >= 0.6 is 0 Å². The second-order valence-electron chi connectivity index (χ2n) is 14.9. The molecule has 0 unspecified atom stereocenters. The molecule has 8 aromatic carbocycles. The summed E-state index contributed by atoms with van der Waals surface area (Å²) in [6.07, 6.45) is -4.70. The van der Waals surface area contributed by atoms with Crippen molar-refractivity contribution in [2.45, 2.75) is 6.18 Å². The van der Waals surface area contributed by atoms with Crippen LogP contribution in [-0.2, 0) is 6.18 Å². The summed E-state index contributed by atoms with van der Waals surface area (Å²) in [4.78, 5) is 7.26. The number of para-hydroxylation sites is 2. The van der Waals surface area contributed by atoms with Crippen LogP contribution in [0, 0.1) is 35.8 Å². The molecule has 0 saturated carbocycles. The molecule has 9 heteroatoms. The van der Waals surface area contributed by atoms with E-state index in [1.807, 2.05) is 118 Å². The van der Waals surface area contributed by atoms with Gasteiger partial charge in [-0.05, 0) is 82.4 Å². The number of aromatic nitrogens is 2. The standard InChI is InChI=1S/C53H27F3N6/c1-59-39-20-15-35(16-21-39)37-18-23-43-41-8-4-6-10-47(41)62(49(43)28-37)51-26-33(31-58)25-50(52(51)44-24-19-38(53(54,55)56)29-45(44)60-2)61-46-9-5-3-7-40(46)42-22-17-36(27-48(42)61)34-13-11-32(30-57)12-14-34/h3-29H. The quantitative estimate of drug-likeness (QED) is 0.163. The number of nitriles is 2. The number of halogens is 3. The van der Waals surface area contributed by atoms with E-state index in [0.29, 0.717) is 33.8 Å². The smallest absolute Gasteiger partial charge is 0.309 e. The van der Waals surface area contributed by atoms with Crippen molar-refractivity contribution in [1.29, 1.82) is 10.5 Å². The van der Waals surface area contributed by atoms with Crippen LogP contribution in [0.25, 0.3) is 98.1 Å². The van der Waals surface area contributed by atoms with E-state index in [1.54, 1.807) is 36.4 Å². The highest BCUT2D eigenvalue weighted by Crippen LogP contribution is 2.47. The minimum absolute atomic E-state index is 0.201. The van der Waals surface area contributed by atoms with Gasteiger partial charge in [-0.2, -0.15) is 23.7 Å². The maximum Gasteiger partial charge on any atom is 0.415 e. The van der Waals surface area contributed by atoms with Gasteiger partial charge in [0.15, 0.2) is 11.4 Å². The molecule has 0 fully saturated rings. The molecule has 0 atom stereocenters. The van der Waals surface area contributed by atoms with Crippen LogP contribution in [0.5, 0.6) is 0 Å². The van der Waals surface area contributed by atoms with Crippen molar-refractivity contribution in [3.8, 4) is 56.9 Å². The maximum absolute atomic E-state index is 14.3. The highest BCUT2D eigenvalue weighted by Gasteiger charge is 2.32. The molecule has 0 bridgehead atoms. The van der Waals surface area contributed by atoms with Gasteiger partial charge in [-0.15, -0.1) is 0 Å². The molecule has 62 heavy (non-hydrogen) atoms. The van der Waals surface area contributed by atoms with Gasteiger partial charge in [0.2, 0.25) is 0 Å². The molecule has 0 saturated heterocycles. The summed E-state index contributed by atoms with van der Waals surface area (Å²) in [5.41, 5.74) is 8.44. The predicted molar refractivity (Wildman–Crippen MR) is 238 cm³/mol. The monoisotopic (exact) mass is 804 g/mol. The van der Waals surface area contributed by atoms with E-state index in [4.69, 9.17) is 13.1 Å². The first kappa shape index (κ1) is 37.4. The van der Waals surface area contributed by atoms with Crippen molar-refractivity contribution in [3.05, 3.63) is 203 Å².